The molecule has 0 amide bonds. The first-order valence-corrected chi connectivity index (χ1v) is 7.80. The van der Waals surface area contributed by atoms with Crippen LogP contribution < -0.4 is 5.32 Å². The van der Waals surface area contributed by atoms with Gasteiger partial charge >= 0.3 is 0 Å². The number of hydrogen-bond acceptors (Lipinski definition) is 4. The van der Waals surface area contributed by atoms with Crippen LogP contribution in [0.2, 0.25) is 0 Å². The topological polar surface area (TPSA) is 55.1 Å². The van der Waals surface area contributed by atoms with E-state index >= 15 is 0 Å². The molecule has 1 aliphatic carbocycles. The Morgan fingerprint density at radius 3 is 2.95 bits per heavy atom. The van der Waals surface area contributed by atoms with Gasteiger partial charge in [0.1, 0.15) is 12.1 Å². The van der Waals surface area contributed by atoms with Gasteiger partial charge in [0.2, 0.25) is 0 Å². The number of aryl methyl sites for hydroxylation is 1. The Morgan fingerprint density at radius 1 is 1.30 bits per heavy atom. The van der Waals surface area contributed by atoms with Crippen molar-refractivity contribution in [3.8, 4) is 0 Å². The Balaban J connectivity index is 1.76. The van der Waals surface area contributed by atoms with Gasteiger partial charge in [-0.2, -0.15) is 14.6 Å². The maximum absolute atomic E-state index is 4.53. The first-order chi connectivity index (χ1) is 9.86. The number of aromatic nitrogens is 4. The van der Waals surface area contributed by atoms with Crippen molar-refractivity contribution in [3.05, 3.63) is 18.1 Å². The van der Waals surface area contributed by atoms with Crippen molar-refractivity contribution in [1.82, 2.24) is 19.6 Å². The summed E-state index contributed by atoms with van der Waals surface area (Å²) in [6, 6.07) is 2.12. The number of hydrogen-bond donors (Lipinski definition) is 1. The molecule has 20 heavy (non-hydrogen) atoms. The lowest BCUT2D eigenvalue weighted by Gasteiger charge is -2.22. The monoisotopic (exact) mass is 273 g/mol. The van der Waals surface area contributed by atoms with E-state index in [0.29, 0.717) is 5.78 Å². The minimum atomic E-state index is 0.696. The molecule has 0 aromatic carbocycles. The second-order valence-corrected chi connectivity index (χ2v) is 5.74. The van der Waals surface area contributed by atoms with Gasteiger partial charge in [-0.3, -0.25) is 0 Å². The largest absolute Gasteiger partial charge is 0.370 e. The van der Waals surface area contributed by atoms with Gasteiger partial charge in [-0.05, 0) is 25.2 Å². The summed E-state index contributed by atoms with van der Waals surface area (Å²) < 4.78 is 1.81. The van der Waals surface area contributed by atoms with Gasteiger partial charge in [-0.1, -0.05) is 32.6 Å². The molecule has 5 nitrogen and oxygen atoms in total. The molecule has 3 rings (SSSR count). The fraction of sp³-hybridized carbons (Fsp3) is 0.667. The lowest BCUT2D eigenvalue weighted by Crippen LogP contribution is -2.19. The minimum Gasteiger partial charge on any atom is -0.370 e. The molecule has 108 valence electrons. The summed E-state index contributed by atoms with van der Waals surface area (Å²) in [7, 11) is 0. The molecule has 1 saturated carbocycles. The van der Waals surface area contributed by atoms with Gasteiger partial charge in [0.25, 0.3) is 5.78 Å². The summed E-state index contributed by atoms with van der Waals surface area (Å²) >= 11 is 0. The zero-order chi connectivity index (χ0) is 13.8. The number of rotatable bonds is 5. The fourth-order valence-corrected chi connectivity index (χ4v) is 3.01. The lowest BCUT2D eigenvalue weighted by molar-refractivity contribution is 0.373. The van der Waals surface area contributed by atoms with Crippen molar-refractivity contribution in [2.24, 2.45) is 5.92 Å². The van der Waals surface area contributed by atoms with E-state index in [1.807, 2.05) is 4.52 Å². The number of fused-ring (bicyclic) bond motifs is 1. The summed E-state index contributed by atoms with van der Waals surface area (Å²) in [5.74, 6) is 2.52. The molecule has 1 aliphatic rings. The summed E-state index contributed by atoms with van der Waals surface area (Å²) in [5, 5.41) is 7.83. The van der Waals surface area contributed by atoms with Crippen LogP contribution in [0.4, 0.5) is 5.82 Å². The molecule has 0 unspecified atom stereocenters. The predicted octanol–water partition coefficient (Wildman–Crippen LogP) is 3.07. The van der Waals surface area contributed by atoms with Crippen LogP contribution in [0.3, 0.4) is 0 Å². The van der Waals surface area contributed by atoms with E-state index in [-0.39, 0.29) is 0 Å². The standard InChI is InChI=1S/C15H23N5/c1-2-6-13-9-14(20-15(19-13)17-11-18-20)16-10-12-7-4-3-5-8-12/h9,11-12,16H,2-8,10H2,1H3. The third-order valence-corrected chi connectivity index (χ3v) is 4.11. The summed E-state index contributed by atoms with van der Waals surface area (Å²) in [4.78, 5) is 8.75. The minimum absolute atomic E-state index is 0.696. The van der Waals surface area contributed by atoms with Gasteiger partial charge in [0.05, 0.1) is 0 Å². The lowest BCUT2D eigenvalue weighted by atomic mass is 9.89. The van der Waals surface area contributed by atoms with Crippen molar-refractivity contribution < 1.29 is 0 Å². The molecule has 0 spiro atoms. The van der Waals surface area contributed by atoms with E-state index in [1.54, 1.807) is 6.33 Å². The highest BCUT2D eigenvalue weighted by Gasteiger charge is 2.14. The predicted molar refractivity (Wildman–Crippen MR) is 79.8 cm³/mol. The van der Waals surface area contributed by atoms with Crippen molar-refractivity contribution >= 4 is 11.6 Å². The van der Waals surface area contributed by atoms with Crippen LogP contribution >= 0.6 is 0 Å². The zero-order valence-electron chi connectivity index (χ0n) is 12.2. The number of anilines is 1. The molecule has 1 N–H and O–H groups in total. The molecule has 0 atom stereocenters. The normalized spacial score (nSPS) is 16.6. The summed E-state index contributed by atoms with van der Waals surface area (Å²) in [5.41, 5.74) is 1.10. The van der Waals surface area contributed by atoms with Gasteiger partial charge < -0.3 is 5.32 Å². The Kier molecular flexibility index (Phi) is 4.14. The van der Waals surface area contributed by atoms with E-state index in [0.717, 1.165) is 36.8 Å². The van der Waals surface area contributed by atoms with Crippen LogP contribution in [0.25, 0.3) is 5.78 Å². The van der Waals surface area contributed by atoms with Gasteiger partial charge in [0.15, 0.2) is 0 Å². The average molecular weight is 273 g/mol. The SMILES string of the molecule is CCCc1cc(NCC2CCCCC2)n2ncnc2n1. The van der Waals surface area contributed by atoms with Gasteiger partial charge in [-0.25, -0.2) is 4.98 Å². The van der Waals surface area contributed by atoms with Crippen LogP contribution in [-0.2, 0) is 6.42 Å². The second-order valence-electron chi connectivity index (χ2n) is 5.74. The van der Waals surface area contributed by atoms with E-state index in [1.165, 1.54) is 32.1 Å². The molecule has 0 radical (unpaired) electrons. The number of nitrogens with zero attached hydrogens (tertiary/aromatic N) is 4. The fourth-order valence-electron chi connectivity index (χ4n) is 3.01. The molecule has 2 heterocycles. The maximum Gasteiger partial charge on any atom is 0.254 e. The van der Waals surface area contributed by atoms with Crippen LogP contribution in [0, 0.1) is 5.92 Å². The van der Waals surface area contributed by atoms with Crippen LogP contribution in [0.15, 0.2) is 12.4 Å². The Morgan fingerprint density at radius 2 is 2.15 bits per heavy atom. The molecule has 0 saturated heterocycles. The molecule has 5 heteroatoms. The Bertz CT molecular complexity index is 556. The molecule has 0 bridgehead atoms. The highest BCUT2D eigenvalue weighted by molar-refractivity contribution is 5.45. The van der Waals surface area contributed by atoms with Crippen molar-refractivity contribution in [1.29, 1.82) is 0 Å². The first kappa shape index (κ1) is 13.3. The molecule has 0 aliphatic heterocycles. The maximum atomic E-state index is 4.53. The summed E-state index contributed by atoms with van der Waals surface area (Å²) in [6.45, 7) is 3.20. The number of nitrogens with one attached hydrogen (secondary N) is 1. The highest BCUT2D eigenvalue weighted by Crippen LogP contribution is 2.24. The van der Waals surface area contributed by atoms with Gasteiger partial charge in [-0.15, -0.1) is 0 Å². The smallest absolute Gasteiger partial charge is 0.254 e. The third kappa shape index (κ3) is 2.92. The second kappa shape index (κ2) is 6.20. The van der Waals surface area contributed by atoms with Crippen LogP contribution in [0.5, 0.6) is 0 Å². The average Bonchev–Trinajstić information content (AvgIpc) is 2.95. The zero-order valence-corrected chi connectivity index (χ0v) is 12.2. The molecular formula is C15H23N5. The van der Waals surface area contributed by atoms with E-state index in [9.17, 15) is 0 Å². The van der Waals surface area contributed by atoms with Crippen molar-refractivity contribution in [2.45, 2.75) is 51.9 Å². The first-order valence-electron chi connectivity index (χ1n) is 7.80. The van der Waals surface area contributed by atoms with E-state index < -0.39 is 0 Å². The van der Waals surface area contributed by atoms with Gasteiger partial charge in [0, 0.05) is 18.3 Å². The Hall–Kier alpha value is -1.65. The molecule has 2 aromatic rings. The van der Waals surface area contributed by atoms with E-state index in [4.69, 9.17) is 0 Å². The van der Waals surface area contributed by atoms with Crippen molar-refractivity contribution in [3.63, 3.8) is 0 Å². The summed E-state index contributed by atoms with van der Waals surface area (Å²) in [6.07, 6.45) is 10.5. The molecule has 1 fully saturated rings. The molecule has 2 aromatic heterocycles. The highest BCUT2D eigenvalue weighted by atomic mass is 15.3. The molecular weight excluding hydrogens is 250 g/mol. The van der Waals surface area contributed by atoms with Crippen LogP contribution in [0.1, 0.15) is 51.1 Å². The van der Waals surface area contributed by atoms with Crippen molar-refractivity contribution in [2.75, 3.05) is 11.9 Å². The Labute approximate surface area is 119 Å². The van der Waals surface area contributed by atoms with E-state index in [2.05, 4.69) is 33.4 Å². The third-order valence-electron chi connectivity index (χ3n) is 4.11. The quantitative estimate of drug-likeness (QED) is 0.909. The van der Waals surface area contributed by atoms with Crippen LogP contribution in [-0.4, -0.2) is 26.1 Å².